The highest BCUT2D eigenvalue weighted by molar-refractivity contribution is 5.71. The van der Waals surface area contributed by atoms with Gasteiger partial charge in [-0.15, -0.1) is 0 Å². The van der Waals surface area contributed by atoms with E-state index >= 15 is 0 Å². The molecule has 6 heteroatoms. The first kappa shape index (κ1) is 62.4. The summed E-state index contributed by atoms with van der Waals surface area (Å²) in [5, 5.41) is 0. The third-order valence-corrected chi connectivity index (χ3v) is 12.3. The molecule has 6 nitrogen and oxygen atoms in total. The number of carbonyl (C=O) groups excluding carboxylic acids is 3. The van der Waals surface area contributed by atoms with Gasteiger partial charge in [0.1, 0.15) is 13.2 Å². The normalized spacial score (nSPS) is 12.4. The van der Waals surface area contributed by atoms with Crippen LogP contribution in [0.1, 0.15) is 290 Å². The molecule has 0 fully saturated rings. The Morgan fingerprint density at radius 3 is 0.938 bits per heavy atom. The van der Waals surface area contributed by atoms with Crippen molar-refractivity contribution in [1.29, 1.82) is 0 Å². The lowest BCUT2D eigenvalue weighted by Gasteiger charge is -2.18. The second kappa shape index (κ2) is 54.0. The van der Waals surface area contributed by atoms with Crippen LogP contribution in [0.25, 0.3) is 0 Å². The van der Waals surface area contributed by atoms with Gasteiger partial charge in [-0.25, -0.2) is 0 Å². The molecule has 0 spiro atoms. The molecule has 0 N–H and O–H groups in total. The van der Waals surface area contributed by atoms with Gasteiger partial charge in [-0.05, 0) is 83.5 Å². The fourth-order valence-electron chi connectivity index (χ4n) is 8.03. The second-order valence-corrected chi connectivity index (χ2v) is 18.8. The van der Waals surface area contributed by atoms with Gasteiger partial charge in [0.2, 0.25) is 0 Å². The summed E-state index contributed by atoms with van der Waals surface area (Å²) < 4.78 is 16.8. The Morgan fingerprint density at radius 2 is 0.554 bits per heavy atom. The van der Waals surface area contributed by atoms with E-state index in [-0.39, 0.29) is 37.5 Å². The van der Waals surface area contributed by atoms with Crippen molar-refractivity contribution >= 4 is 17.9 Å². The standard InChI is InChI=1S/C59H106O6/c1-4-7-10-13-16-19-22-25-27-28-29-30-32-34-37-40-43-46-49-52-58(61)64-55-56(54-63-57(60)51-48-45-42-39-36-33-24-21-18-15-12-9-6-3)65-59(62)53-50-47-44-41-38-35-31-26-23-20-17-14-11-8-5-2/h17,20,25-27,31,38,41,56H,4-16,18-19,21-24,28-30,32-37,39-40,42-55H2,1-3H3/b20-17-,27-25-,31-26-,41-38-/t56-/m0/s1. The van der Waals surface area contributed by atoms with Gasteiger partial charge in [0.25, 0.3) is 0 Å². The molecule has 0 aromatic heterocycles. The van der Waals surface area contributed by atoms with Crippen molar-refractivity contribution in [2.75, 3.05) is 13.2 Å². The quantitative estimate of drug-likeness (QED) is 0.0262. The first-order chi connectivity index (χ1) is 32.0. The van der Waals surface area contributed by atoms with Gasteiger partial charge in [0.05, 0.1) is 0 Å². The molecule has 0 aliphatic rings. The summed E-state index contributed by atoms with van der Waals surface area (Å²) in [6.07, 6.45) is 65.3. The summed E-state index contributed by atoms with van der Waals surface area (Å²) in [4.78, 5) is 38.1. The van der Waals surface area contributed by atoms with Crippen LogP contribution in [0.4, 0.5) is 0 Å². The van der Waals surface area contributed by atoms with Crippen LogP contribution in [0.2, 0.25) is 0 Å². The summed E-state index contributed by atoms with van der Waals surface area (Å²) >= 11 is 0. The van der Waals surface area contributed by atoms with Gasteiger partial charge in [-0.1, -0.05) is 236 Å². The minimum atomic E-state index is -0.791. The minimum absolute atomic E-state index is 0.0862. The fourth-order valence-corrected chi connectivity index (χ4v) is 8.03. The van der Waals surface area contributed by atoms with Crippen LogP contribution in [-0.4, -0.2) is 37.2 Å². The van der Waals surface area contributed by atoms with Crippen LogP contribution < -0.4 is 0 Å². The Bertz CT molecular complexity index is 1140. The summed E-state index contributed by atoms with van der Waals surface area (Å²) in [7, 11) is 0. The number of hydrogen-bond donors (Lipinski definition) is 0. The lowest BCUT2D eigenvalue weighted by atomic mass is 10.0. The van der Waals surface area contributed by atoms with Gasteiger partial charge in [-0.2, -0.15) is 0 Å². The first-order valence-corrected chi connectivity index (χ1v) is 28.1. The number of allylic oxidation sites excluding steroid dienone is 8. The van der Waals surface area contributed by atoms with E-state index in [1.54, 1.807) is 0 Å². The largest absolute Gasteiger partial charge is 0.462 e. The molecule has 1 atom stereocenters. The number of carbonyl (C=O) groups is 3. The van der Waals surface area contributed by atoms with Crippen molar-refractivity contribution in [2.45, 2.75) is 297 Å². The van der Waals surface area contributed by atoms with Crippen LogP contribution in [0.5, 0.6) is 0 Å². The van der Waals surface area contributed by atoms with Crippen molar-refractivity contribution in [2.24, 2.45) is 0 Å². The molecule has 0 amide bonds. The highest BCUT2D eigenvalue weighted by Crippen LogP contribution is 2.16. The predicted octanol–water partition coefficient (Wildman–Crippen LogP) is 18.7. The van der Waals surface area contributed by atoms with Crippen molar-refractivity contribution in [3.05, 3.63) is 48.6 Å². The Morgan fingerprint density at radius 1 is 0.308 bits per heavy atom. The van der Waals surface area contributed by atoms with E-state index in [1.807, 2.05) is 0 Å². The maximum atomic E-state index is 12.8. The topological polar surface area (TPSA) is 78.9 Å². The van der Waals surface area contributed by atoms with Gasteiger partial charge < -0.3 is 14.2 Å². The molecule has 0 aromatic rings. The number of unbranched alkanes of at least 4 members (excludes halogenated alkanes) is 32. The highest BCUT2D eigenvalue weighted by Gasteiger charge is 2.19. The van der Waals surface area contributed by atoms with E-state index in [4.69, 9.17) is 14.2 Å². The molecule has 0 heterocycles. The van der Waals surface area contributed by atoms with E-state index in [2.05, 4.69) is 69.4 Å². The lowest BCUT2D eigenvalue weighted by molar-refractivity contribution is -0.167. The van der Waals surface area contributed by atoms with Crippen LogP contribution in [0.3, 0.4) is 0 Å². The zero-order valence-corrected chi connectivity index (χ0v) is 43.3. The minimum Gasteiger partial charge on any atom is -0.462 e. The van der Waals surface area contributed by atoms with Crippen LogP contribution in [0, 0.1) is 0 Å². The van der Waals surface area contributed by atoms with Crippen molar-refractivity contribution in [3.8, 4) is 0 Å². The Balaban J connectivity index is 4.38. The molecule has 378 valence electrons. The summed E-state index contributed by atoms with van der Waals surface area (Å²) in [6.45, 7) is 6.60. The highest BCUT2D eigenvalue weighted by atomic mass is 16.6. The van der Waals surface area contributed by atoms with Crippen molar-refractivity contribution < 1.29 is 28.6 Å². The molecular formula is C59H106O6. The van der Waals surface area contributed by atoms with Gasteiger partial charge in [-0.3, -0.25) is 14.4 Å². The average Bonchev–Trinajstić information content (AvgIpc) is 3.30. The predicted molar refractivity (Wildman–Crippen MR) is 279 cm³/mol. The molecule has 0 aliphatic heterocycles. The summed E-state index contributed by atoms with van der Waals surface area (Å²) in [5.41, 5.74) is 0. The molecule has 0 bridgehead atoms. The van der Waals surface area contributed by atoms with Crippen LogP contribution in [-0.2, 0) is 28.6 Å². The van der Waals surface area contributed by atoms with Gasteiger partial charge in [0.15, 0.2) is 6.10 Å². The first-order valence-electron chi connectivity index (χ1n) is 28.1. The van der Waals surface area contributed by atoms with Gasteiger partial charge in [0, 0.05) is 19.3 Å². The smallest absolute Gasteiger partial charge is 0.306 e. The number of hydrogen-bond acceptors (Lipinski definition) is 6. The molecular weight excluding hydrogens is 805 g/mol. The van der Waals surface area contributed by atoms with Crippen LogP contribution in [0.15, 0.2) is 48.6 Å². The molecule has 0 saturated heterocycles. The van der Waals surface area contributed by atoms with E-state index < -0.39 is 6.10 Å². The zero-order valence-electron chi connectivity index (χ0n) is 43.3. The number of ether oxygens (including phenoxy) is 3. The molecule has 0 rings (SSSR count). The Kier molecular flexibility index (Phi) is 51.8. The van der Waals surface area contributed by atoms with Crippen molar-refractivity contribution in [3.63, 3.8) is 0 Å². The van der Waals surface area contributed by atoms with Crippen molar-refractivity contribution in [1.82, 2.24) is 0 Å². The van der Waals surface area contributed by atoms with E-state index in [0.29, 0.717) is 19.3 Å². The molecule has 0 aliphatic carbocycles. The molecule has 65 heavy (non-hydrogen) atoms. The molecule has 0 radical (unpaired) electrons. The van der Waals surface area contributed by atoms with Gasteiger partial charge >= 0.3 is 17.9 Å². The lowest BCUT2D eigenvalue weighted by Crippen LogP contribution is -2.30. The number of rotatable bonds is 51. The third-order valence-electron chi connectivity index (χ3n) is 12.3. The van der Waals surface area contributed by atoms with E-state index in [1.165, 1.54) is 180 Å². The van der Waals surface area contributed by atoms with E-state index in [0.717, 1.165) is 64.2 Å². The SMILES string of the molecule is CCCCC/C=C\C/C=C\C/C=C\CCCCC(=O)O[C@H](COC(=O)CCCCCCCCCCC/C=C\CCCCCCCC)COC(=O)CCCCCCCCCCCCCCC. The van der Waals surface area contributed by atoms with Crippen LogP contribution >= 0.6 is 0 Å². The second-order valence-electron chi connectivity index (χ2n) is 18.8. The summed E-state index contributed by atoms with van der Waals surface area (Å²) in [5.74, 6) is -0.915. The maximum absolute atomic E-state index is 12.8. The summed E-state index contributed by atoms with van der Waals surface area (Å²) in [6, 6.07) is 0. The third kappa shape index (κ3) is 52.2. The Labute approximate surface area is 403 Å². The Hall–Kier alpha value is -2.63. The monoisotopic (exact) mass is 911 g/mol. The molecule has 0 aromatic carbocycles. The maximum Gasteiger partial charge on any atom is 0.306 e. The average molecular weight is 911 g/mol. The number of esters is 3. The molecule has 0 unspecified atom stereocenters. The zero-order chi connectivity index (χ0) is 47.2. The fraction of sp³-hybridized carbons (Fsp3) is 0.814. The van der Waals surface area contributed by atoms with E-state index in [9.17, 15) is 14.4 Å². The molecule has 0 saturated carbocycles.